The fourth-order valence-corrected chi connectivity index (χ4v) is 4.25. The van der Waals surface area contributed by atoms with Gasteiger partial charge < -0.3 is 14.8 Å². The van der Waals surface area contributed by atoms with E-state index in [1.165, 1.54) is 25.7 Å². The lowest BCUT2D eigenvalue weighted by molar-refractivity contribution is 0.0339. The fourth-order valence-electron chi connectivity index (χ4n) is 4.06. The molecule has 160 valence electrons. The number of hydrogen-bond acceptors (Lipinski definition) is 5. The van der Waals surface area contributed by atoms with Crippen molar-refractivity contribution < 1.29 is 9.47 Å². The van der Waals surface area contributed by atoms with Crippen molar-refractivity contribution in [2.75, 3.05) is 33.4 Å². The van der Waals surface area contributed by atoms with Crippen LogP contribution in [0, 0.1) is 5.92 Å². The molecule has 2 fully saturated rings. The molecule has 1 heterocycles. The van der Waals surface area contributed by atoms with Gasteiger partial charge in [0, 0.05) is 31.2 Å². The highest BCUT2D eigenvalue weighted by Gasteiger charge is 2.21. The van der Waals surface area contributed by atoms with Crippen LogP contribution in [0.3, 0.4) is 0 Å². The van der Waals surface area contributed by atoms with Crippen molar-refractivity contribution in [3.05, 3.63) is 29.3 Å². The highest BCUT2D eigenvalue weighted by molar-refractivity contribution is 7.80. The number of thiocarbonyl (C=S) groups is 1. The van der Waals surface area contributed by atoms with Crippen LogP contribution in [0.15, 0.2) is 23.3 Å². The number of hydrazone groups is 1. The van der Waals surface area contributed by atoms with E-state index >= 15 is 0 Å². The molecule has 0 spiro atoms. The fraction of sp³-hybridized carbons (Fsp3) is 0.636. The van der Waals surface area contributed by atoms with Gasteiger partial charge in [-0.1, -0.05) is 19.8 Å². The molecule has 7 heteroatoms. The average Bonchev–Trinajstić information content (AvgIpc) is 2.74. The Balaban J connectivity index is 1.62. The number of methoxy groups -OCH3 is 1. The smallest absolute Gasteiger partial charge is 0.187 e. The molecule has 1 aliphatic carbocycles. The molecule has 29 heavy (non-hydrogen) atoms. The molecule has 0 radical (unpaired) electrons. The van der Waals surface area contributed by atoms with Crippen LogP contribution in [0.5, 0.6) is 5.75 Å². The maximum atomic E-state index is 5.57. The van der Waals surface area contributed by atoms with E-state index in [4.69, 9.17) is 21.7 Å². The number of nitrogens with one attached hydrogen (secondary N) is 2. The summed E-state index contributed by atoms with van der Waals surface area (Å²) in [5, 5.41) is 8.55. The van der Waals surface area contributed by atoms with Crippen LogP contribution < -0.4 is 15.5 Å². The number of ether oxygens (including phenoxy) is 2. The first-order chi connectivity index (χ1) is 14.1. The lowest BCUT2D eigenvalue weighted by Crippen LogP contribution is -2.44. The minimum atomic E-state index is 0.445. The summed E-state index contributed by atoms with van der Waals surface area (Å²) in [6.45, 7) is 8.61. The van der Waals surface area contributed by atoms with Crippen LogP contribution in [0.25, 0.3) is 0 Å². The van der Waals surface area contributed by atoms with Gasteiger partial charge in [0.2, 0.25) is 0 Å². The van der Waals surface area contributed by atoms with Crippen LogP contribution >= 0.6 is 12.2 Å². The Morgan fingerprint density at radius 2 is 2.03 bits per heavy atom. The maximum Gasteiger partial charge on any atom is 0.187 e. The number of hydrogen-bond donors (Lipinski definition) is 2. The summed E-state index contributed by atoms with van der Waals surface area (Å²) in [6.07, 6.45) is 5.03. The lowest BCUT2D eigenvalue weighted by atomic mass is 9.86. The molecule has 0 bridgehead atoms. The zero-order chi connectivity index (χ0) is 20.6. The van der Waals surface area contributed by atoms with Gasteiger partial charge >= 0.3 is 0 Å². The number of benzene rings is 1. The maximum absolute atomic E-state index is 5.57. The predicted octanol–water partition coefficient (Wildman–Crippen LogP) is 3.29. The molecule has 1 aromatic carbocycles. The van der Waals surface area contributed by atoms with Crippen molar-refractivity contribution in [2.24, 2.45) is 11.0 Å². The normalized spacial score (nSPS) is 23.5. The van der Waals surface area contributed by atoms with Crippen molar-refractivity contribution in [1.82, 2.24) is 15.6 Å². The first-order valence-electron chi connectivity index (χ1n) is 10.6. The average molecular weight is 419 g/mol. The monoisotopic (exact) mass is 418 g/mol. The second-order valence-corrected chi connectivity index (χ2v) is 8.47. The van der Waals surface area contributed by atoms with E-state index in [0.29, 0.717) is 17.1 Å². The summed E-state index contributed by atoms with van der Waals surface area (Å²) in [5.74, 6) is 1.56. The molecule has 0 unspecified atom stereocenters. The van der Waals surface area contributed by atoms with E-state index in [1.807, 2.05) is 19.1 Å². The van der Waals surface area contributed by atoms with Gasteiger partial charge in [-0.25, -0.2) is 0 Å². The molecule has 1 saturated heterocycles. The Kier molecular flexibility index (Phi) is 8.27. The molecule has 1 aliphatic heterocycles. The quantitative estimate of drug-likeness (QED) is 0.420. The molecular weight excluding hydrogens is 384 g/mol. The van der Waals surface area contributed by atoms with Gasteiger partial charge in [0.05, 0.1) is 26.0 Å². The third-order valence-electron chi connectivity index (χ3n) is 5.95. The summed E-state index contributed by atoms with van der Waals surface area (Å²) in [6, 6.07) is 6.67. The van der Waals surface area contributed by atoms with Crippen molar-refractivity contribution in [3.8, 4) is 5.75 Å². The van der Waals surface area contributed by atoms with E-state index in [2.05, 4.69) is 33.7 Å². The summed E-state index contributed by atoms with van der Waals surface area (Å²) in [4.78, 5) is 2.39. The second-order valence-electron chi connectivity index (χ2n) is 8.07. The van der Waals surface area contributed by atoms with Crippen molar-refractivity contribution in [2.45, 2.75) is 52.1 Å². The molecular formula is C22H34N4O2S. The lowest BCUT2D eigenvalue weighted by Gasteiger charge is -2.30. The zero-order valence-corrected chi connectivity index (χ0v) is 18.7. The van der Waals surface area contributed by atoms with Crippen LogP contribution in [-0.2, 0) is 11.3 Å². The Morgan fingerprint density at radius 3 is 2.76 bits per heavy atom. The molecule has 3 rings (SSSR count). The molecule has 1 saturated carbocycles. The topological polar surface area (TPSA) is 58.1 Å². The zero-order valence-electron chi connectivity index (χ0n) is 17.9. The molecule has 2 aliphatic rings. The number of nitrogens with zero attached hydrogens (tertiary/aromatic N) is 2. The van der Waals surface area contributed by atoms with Crippen molar-refractivity contribution >= 4 is 23.0 Å². The molecule has 0 aromatic heterocycles. The van der Waals surface area contributed by atoms with E-state index in [1.54, 1.807) is 7.11 Å². The van der Waals surface area contributed by atoms with Gasteiger partial charge in [-0.15, -0.1) is 0 Å². The Bertz CT molecular complexity index is 719. The Morgan fingerprint density at radius 1 is 1.28 bits per heavy atom. The summed E-state index contributed by atoms with van der Waals surface area (Å²) in [7, 11) is 1.72. The van der Waals surface area contributed by atoms with E-state index in [-0.39, 0.29) is 0 Å². The largest absolute Gasteiger partial charge is 0.496 e. The highest BCUT2D eigenvalue weighted by atomic mass is 32.1. The molecule has 0 amide bonds. The summed E-state index contributed by atoms with van der Waals surface area (Å²) < 4.78 is 11.0. The van der Waals surface area contributed by atoms with Crippen LogP contribution in [-0.4, -0.2) is 55.2 Å². The molecule has 6 nitrogen and oxygen atoms in total. The number of rotatable bonds is 6. The first-order valence-corrected chi connectivity index (χ1v) is 11.1. The van der Waals surface area contributed by atoms with Crippen LogP contribution in [0.4, 0.5) is 0 Å². The van der Waals surface area contributed by atoms with E-state index in [0.717, 1.165) is 55.4 Å². The van der Waals surface area contributed by atoms with Gasteiger partial charge in [-0.2, -0.15) is 5.10 Å². The van der Waals surface area contributed by atoms with Gasteiger partial charge in [0.15, 0.2) is 5.11 Å². The van der Waals surface area contributed by atoms with Crippen molar-refractivity contribution in [3.63, 3.8) is 0 Å². The molecule has 2 N–H and O–H groups in total. The van der Waals surface area contributed by atoms with Crippen molar-refractivity contribution in [1.29, 1.82) is 0 Å². The van der Waals surface area contributed by atoms with Gasteiger partial charge in [-0.05, 0) is 61.7 Å². The van der Waals surface area contributed by atoms with Crippen LogP contribution in [0.1, 0.15) is 50.7 Å². The minimum Gasteiger partial charge on any atom is -0.496 e. The van der Waals surface area contributed by atoms with Gasteiger partial charge in [0.1, 0.15) is 5.75 Å². The third kappa shape index (κ3) is 6.39. The van der Waals surface area contributed by atoms with Crippen LogP contribution in [0.2, 0.25) is 0 Å². The SMILES string of the molecule is COc1ccc(/C(C)=N\NC(=S)N[C@@H]2CCCC[C@@H]2C)cc1CN1CCOCC1. The molecule has 1 aromatic rings. The third-order valence-corrected chi connectivity index (χ3v) is 6.16. The summed E-state index contributed by atoms with van der Waals surface area (Å²) >= 11 is 5.46. The Hall–Kier alpha value is -1.70. The Labute approximate surface area is 180 Å². The van der Waals surface area contributed by atoms with Gasteiger partial charge in [-0.3, -0.25) is 10.3 Å². The van der Waals surface area contributed by atoms with Gasteiger partial charge in [0.25, 0.3) is 0 Å². The minimum absolute atomic E-state index is 0.445. The summed E-state index contributed by atoms with van der Waals surface area (Å²) in [5.41, 5.74) is 6.16. The molecule has 2 atom stereocenters. The second kappa shape index (κ2) is 10.9. The predicted molar refractivity (Wildman–Crippen MR) is 122 cm³/mol. The van der Waals surface area contributed by atoms with E-state index in [9.17, 15) is 0 Å². The highest BCUT2D eigenvalue weighted by Crippen LogP contribution is 2.24. The number of morpholine rings is 1. The first kappa shape index (κ1) is 22.0. The van der Waals surface area contributed by atoms with E-state index < -0.39 is 0 Å². The standard InChI is InChI=1S/C22H34N4O2S/c1-16-6-4-5-7-20(16)23-22(29)25-24-17(2)18-8-9-21(27-3)19(14-18)15-26-10-12-28-13-11-26/h8-9,14,16,20H,4-7,10-13,15H2,1-3H3,(H2,23,25,29)/b24-17-/t16-,20+/m0/s1.